The van der Waals surface area contributed by atoms with Crippen molar-refractivity contribution in [3.63, 3.8) is 0 Å². The number of aromatic nitrogens is 2. The summed E-state index contributed by atoms with van der Waals surface area (Å²) in [4.78, 5) is 8.62. The normalized spacial score (nSPS) is 18.9. The Morgan fingerprint density at radius 2 is 1.82 bits per heavy atom. The number of hydrogen-bond donors (Lipinski definition) is 2. The molecule has 0 aliphatic carbocycles. The third-order valence-corrected chi connectivity index (χ3v) is 8.07. The first-order chi connectivity index (χ1) is 16.2. The van der Waals surface area contributed by atoms with Gasteiger partial charge in [0.15, 0.2) is 0 Å². The van der Waals surface area contributed by atoms with Gasteiger partial charge in [-0.05, 0) is 73.2 Å². The summed E-state index contributed by atoms with van der Waals surface area (Å²) in [5, 5.41) is 23.1. The first kappa shape index (κ1) is 23.8. The highest BCUT2D eigenvalue weighted by Gasteiger charge is 2.35. The fourth-order valence-corrected chi connectivity index (χ4v) is 5.74. The first-order valence-corrected chi connectivity index (χ1v) is 12.5. The van der Waals surface area contributed by atoms with Crippen LogP contribution in [0.2, 0.25) is 0 Å². The summed E-state index contributed by atoms with van der Waals surface area (Å²) in [6.07, 6.45) is 2.99. The summed E-state index contributed by atoms with van der Waals surface area (Å²) in [5.74, 6) is 0.655. The van der Waals surface area contributed by atoms with Gasteiger partial charge < -0.3 is 10.4 Å². The van der Waals surface area contributed by atoms with Crippen LogP contribution in [-0.4, -0.2) is 53.0 Å². The Labute approximate surface area is 200 Å². The van der Waals surface area contributed by atoms with E-state index in [1.54, 1.807) is 36.7 Å². The monoisotopic (exact) mass is 477 g/mol. The maximum absolute atomic E-state index is 13.2. The van der Waals surface area contributed by atoms with Gasteiger partial charge in [-0.25, -0.2) is 18.4 Å². The number of aryl methyl sites for hydroxylation is 2. The van der Waals surface area contributed by atoms with E-state index in [0.29, 0.717) is 24.5 Å². The molecule has 2 N–H and O–H groups in total. The van der Waals surface area contributed by atoms with Gasteiger partial charge in [0, 0.05) is 25.5 Å². The number of anilines is 1. The Bertz CT molecular complexity index is 1330. The molecule has 0 bridgehead atoms. The van der Waals surface area contributed by atoms with Crippen molar-refractivity contribution in [3.8, 4) is 17.2 Å². The number of pyridine rings is 2. The summed E-state index contributed by atoms with van der Waals surface area (Å²) in [5.41, 5.74) is 4.76. The van der Waals surface area contributed by atoms with Crippen molar-refractivity contribution in [2.24, 2.45) is 0 Å². The zero-order valence-electron chi connectivity index (χ0n) is 19.4. The van der Waals surface area contributed by atoms with Gasteiger partial charge in [-0.2, -0.15) is 9.57 Å². The molecule has 1 aliphatic rings. The lowest BCUT2D eigenvalue weighted by molar-refractivity contribution is 0.0949. The second-order valence-electron chi connectivity index (χ2n) is 8.62. The molecule has 9 heteroatoms. The van der Waals surface area contributed by atoms with Crippen LogP contribution in [0.3, 0.4) is 0 Å². The quantitative estimate of drug-likeness (QED) is 0.579. The average molecular weight is 478 g/mol. The number of aliphatic hydroxyl groups is 1. The van der Waals surface area contributed by atoms with Crippen molar-refractivity contribution in [1.82, 2.24) is 14.3 Å². The number of piperidine rings is 1. The number of hydrogen-bond acceptors (Lipinski definition) is 7. The van der Waals surface area contributed by atoms with Crippen molar-refractivity contribution in [1.29, 1.82) is 5.26 Å². The Morgan fingerprint density at radius 3 is 2.44 bits per heavy atom. The molecule has 3 heterocycles. The predicted octanol–water partition coefficient (Wildman–Crippen LogP) is 3.18. The van der Waals surface area contributed by atoms with Crippen LogP contribution in [0.25, 0.3) is 11.1 Å². The van der Waals surface area contributed by atoms with Gasteiger partial charge in [-0.15, -0.1) is 0 Å². The highest BCUT2D eigenvalue weighted by Crippen LogP contribution is 2.30. The molecule has 1 fully saturated rings. The van der Waals surface area contributed by atoms with Gasteiger partial charge in [-0.1, -0.05) is 18.2 Å². The van der Waals surface area contributed by atoms with Gasteiger partial charge in [0.2, 0.25) is 10.0 Å². The summed E-state index contributed by atoms with van der Waals surface area (Å²) in [6.45, 7) is 5.99. The minimum Gasteiger partial charge on any atom is -0.390 e. The Morgan fingerprint density at radius 1 is 1.09 bits per heavy atom. The SMILES string of the molecule is Cc1ccc(N[C@@H]2CCN(S(=O)(=O)c3ccc(-c4c(C)cnc(C#N)c4C)cc3)C[C@@H]2O)nc1. The molecule has 176 valence electrons. The van der Waals surface area contributed by atoms with Gasteiger partial charge in [0.1, 0.15) is 17.6 Å². The molecule has 1 saturated heterocycles. The molecule has 0 spiro atoms. The third-order valence-electron chi connectivity index (χ3n) is 6.19. The van der Waals surface area contributed by atoms with E-state index < -0.39 is 16.1 Å². The first-order valence-electron chi connectivity index (χ1n) is 11.0. The molecule has 34 heavy (non-hydrogen) atoms. The minimum absolute atomic E-state index is 0.00170. The number of nitriles is 1. The number of nitrogens with zero attached hydrogens (tertiary/aromatic N) is 4. The Kier molecular flexibility index (Phi) is 6.66. The van der Waals surface area contributed by atoms with Gasteiger partial charge >= 0.3 is 0 Å². The van der Waals surface area contributed by atoms with Crippen LogP contribution in [-0.2, 0) is 10.0 Å². The number of sulfonamides is 1. The van der Waals surface area contributed by atoms with Gasteiger partial charge in [0.25, 0.3) is 0 Å². The van der Waals surface area contributed by atoms with E-state index in [4.69, 9.17) is 0 Å². The highest BCUT2D eigenvalue weighted by atomic mass is 32.2. The van der Waals surface area contributed by atoms with Crippen LogP contribution in [0.5, 0.6) is 0 Å². The predicted molar refractivity (Wildman–Crippen MR) is 130 cm³/mol. The van der Waals surface area contributed by atoms with Crippen molar-refractivity contribution >= 4 is 15.8 Å². The number of benzene rings is 1. The van der Waals surface area contributed by atoms with Crippen molar-refractivity contribution < 1.29 is 13.5 Å². The van der Waals surface area contributed by atoms with E-state index in [0.717, 1.165) is 27.8 Å². The van der Waals surface area contributed by atoms with E-state index in [1.165, 1.54) is 4.31 Å². The zero-order chi connectivity index (χ0) is 24.5. The summed E-state index contributed by atoms with van der Waals surface area (Å²) in [6, 6.07) is 12.2. The molecule has 0 unspecified atom stereocenters. The van der Waals surface area contributed by atoms with E-state index in [-0.39, 0.29) is 17.5 Å². The molecular formula is C25H27N5O3S. The number of β-amino-alcohol motifs (C(OH)–C–C–N with tert-alkyl or cyclic N) is 1. The van der Waals surface area contributed by atoms with Crippen molar-refractivity contribution in [2.45, 2.75) is 44.2 Å². The Hall–Kier alpha value is -3.32. The maximum atomic E-state index is 13.2. The largest absolute Gasteiger partial charge is 0.390 e. The minimum atomic E-state index is -3.76. The smallest absolute Gasteiger partial charge is 0.243 e. The lowest BCUT2D eigenvalue weighted by atomic mass is 9.96. The van der Waals surface area contributed by atoms with Crippen LogP contribution in [0.4, 0.5) is 5.82 Å². The molecular weight excluding hydrogens is 450 g/mol. The van der Waals surface area contributed by atoms with Crippen molar-refractivity contribution in [2.75, 3.05) is 18.4 Å². The standard InChI is InChI=1S/C25H27N5O3S/c1-16-4-9-24(28-13-16)29-21-10-11-30(15-23(21)31)34(32,33)20-7-5-19(6-8-20)25-17(2)14-27-22(12-26)18(25)3/h4-9,13-14,21,23,31H,10-11,15H2,1-3H3,(H,28,29)/t21-,23+/m1/s1. The van der Waals surface area contributed by atoms with Gasteiger partial charge in [-0.3, -0.25) is 0 Å². The number of aliphatic hydroxyl groups excluding tert-OH is 1. The number of nitrogens with one attached hydrogen (secondary N) is 1. The average Bonchev–Trinajstić information content (AvgIpc) is 2.82. The summed E-state index contributed by atoms with van der Waals surface area (Å²) in [7, 11) is -3.76. The summed E-state index contributed by atoms with van der Waals surface area (Å²) < 4.78 is 27.8. The molecule has 2 aromatic heterocycles. The van der Waals surface area contributed by atoms with E-state index in [9.17, 15) is 18.8 Å². The van der Waals surface area contributed by atoms with Crippen molar-refractivity contribution in [3.05, 3.63) is 71.2 Å². The maximum Gasteiger partial charge on any atom is 0.243 e. The Balaban J connectivity index is 1.50. The summed E-state index contributed by atoms with van der Waals surface area (Å²) >= 11 is 0. The van der Waals surface area contributed by atoms with E-state index in [2.05, 4.69) is 21.4 Å². The fraction of sp³-hybridized carbons (Fsp3) is 0.320. The van der Waals surface area contributed by atoms with E-state index in [1.807, 2.05) is 32.9 Å². The third kappa shape index (κ3) is 4.66. The van der Waals surface area contributed by atoms with Crippen LogP contribution in [0.1, 0.15) is 28.8 Å². The molecule has 0 radical (unpaired) electrons. The zero-order valence-corrected chi connectivity index (χ0v) is 20.2. The van der Waals surface area contributed by atoms with Crippen LogP contribution in [0.15, 0.2) is 53.7 Å². The van der Waals surface area contributed by atoms with Crippen LogP contribution < -0.4 is 5.32 Å². The van der Waals surface area contributed by atoms with Crippen LogP contribution >= 0.6 is 0 Å². The molecule has 0 amide bonds. The van der Waals surface area contributed by atoms with Crippen LogP contribution in [0, 0.1) is 32.1 Å². The lowest BCUT2D eigenvalue weighted by Crippen LogP contribution is -2.51. The molecule has 1 aromatic carbocycles. The molecule has 2 atom stereocenters. The second kappa shape index (κ2) is 9.50. The molecule has 1 aliphatic heterocycles. The fourth-order valence-electron chi connectivity index (χ4n) is 4.27. The molecule has 0 saturated carbocycles. The molecule has 3 aromatic rings. The van der Waals surface area contributed by atoms with Gasteiger partial charge in [0.05, 0.1) is 17.0 Å². The molecule has 8 nitrogen and oxygen atoms in total. The highest BCUT2D eigenvalue weighted by molar-refractivity contribution is 7.89. The topological polar surface area (TPSA) is 119 Å². The lowest BCUT2D eigenvalue weighted by Gasteiger charge is -2.35. The number of rotatable bonds is 5. The molecule has 4 rings (SSSR count). The second-order valence-corrected chi connectivity index (χ2v) is 10.6. The van der Waals surface area contributed by atoms with E-state index >= 15 is 0 Å².